The van der Waals surface area contributed by atoms with Gasteiger partial charge in [0.25, 0.3) is 5.91 Å². The minimum absolute atomic E-state index is 0.123. The fourth-order valence-corrected chi connectivity index (χ4v) is 2.24. The van der Waals surface area contributed by atoms with Gasteiger partial charge in [0, 0.05) is 5.69 Å². The number of benzene rings is 1. The topological polar surface area (TPSA) is 100 Å². The third kappa shape index (κ3) is 6.43. The number of aryl methyl sites for hydroxylation is 1. The van der Waals surface area contributed by atoms with Gasteiger partial charge in [0.2, 0.25) is 11.8 Å². The summed E-state index contributed by atoms with van der Waals surface area (Å²) in [5, 5.41) is 7.56. The molecule has 26 heavy (non-hydrogen) atoms. The van der Waals surface area contributed by atoms with Crippen LogP contribution in [0.4, 0.5) is 5.69 Å². The number of nitrogens with one attached hydrogen (secondary N) is 3. The number of unbranched alkanes of at least 4 members (excludes halogenated alkanes) is 1. The number of hydrogen-bond donors (Lipinski definition) is 3. The van der Waals surface area contributed by atoms with Crippen LogP contribution in [-0.2, 0) is 16.0 Å². The first-order valence-corrected chi connectivity index (χ1v) is 8.55. The summed E-state index contributed by atoms with van der Waals surface area (Å²) in [7, 11) is 0. The lowest BCUT2D eigenvalue weighted by atomic mass is 10.1. The van der Waals surface area contributed by atoms with Crippen molar-refractivity contribution in [2.75, 3.05) is 18.4 Å². The molecular weight excluding hydrogens is 334 g/mol. The van der Waals surface area contributed by atoms with Crippen molar-refractivity contribution < 1.29 is 18.8 Å². The van der Waals surface area contributed by atoms with Gasteiger partial charge in [0.05, 0.1) is 19.4 Å². The Bertz CT molecular complexity index is 724. The van der Waals surface area contributed by atoms with Crippen molar-refractivity contribution in [3.05, 3.63) is 54.0 Å². The quantitative estimate of drug-likeness (QED) is 0.640. The Morgan fingerprint density at radius 1 is 0.962 bits per heavy atom. The highest BCUT2D eigenvalue weighted by atomic mass is 16.3. The van der Waals surface area contributed by atoms with Gasteiger partial charge >= 0.3 is 0 Å². The van der Waals surface area contributed by atoms with E-state index in [2.05, 4.69) is 22.9 Å². The molecule has 1 aromatic heterocycles. The van der Waals surface area contributed by atoms with Crippen LogP contribution in [0.5, 0.6) is 0 Å². The molecule has 0 saturated heterocycles. The molecule has 2 aromatic rings. The number of amides is 3. The molecule has 7 nitrogen and oxygen atoms in total. The van der Waals surface area contributed by atoms with E-state index < -0.39 is 11.8 Å². The van der Waals surface area contributed by atoms with Crippen LogP contribution in [0.25, 0.3) is 0 Å². The first-order valence-electron chi connectivity index (χ1n) is 8.55. The average Bonchev–Trinajstić information content (AvgIpc) is 3.18. The van der Waals surface area contributed by atoms with Gasteiger partial charge in [-0.1, -0.05) is 25.5 Å². The summed E-state index contributed by atoms with van der Waals surface area (Å²) in [4.78, 5) is 35.2. The minimum Gasteiger partial charge on any atom is -0.459 e. The molecule has 2 rings (SSSR count). The maximum atomic E-state index is 11.9. The Kier molecular flexibility index (Phi) is 7.42. The molecule has 0 bridgehead atoms. The summed E-state index contributed by atoms with van der Waals surface area (Å²) >= 11 is 0. The number of carbonyl (C=O) groups excluding carboxylic acids is 3. The van der Waals surface area contributed by atoms with Crippen molar-refractivity contribution in [3.8, 4) is 0 Å². The fourth-order valence-electron chi connectivity index (χ4n) is 2.24. The van der Waals surface area contributed by atoms with Crippen molar-refractivity contribution in [1.29, 1.82) is 0 Å². The Labute approximate surface area is 152 Å². The molecule has 0 atom stereocenters. The zero-order valence-electron chi connectivity index (χ0n) is 14.7. The van der Waals surface area contributed by atoms with Crippen LogP contribution in [0, 0.1) is 0 Å². The minimum atomic E-state index is -0.488. The zero-order valence-corrected chi connectivity index (χ0v) is 14.7. The van der Waals surface area contributed by atoms with Gasteiger partial charge in [-0.2, -0.15) is 0 Å². The maximum absolute atomic E-state index is 11.9. The molecule has 1 aromatic carbocycles. The number of anilines is 1. The van der Waals surface area contributed by atoms with E-state index in [1.165, 1.54) is 17.9 Å². The van der Waals surface area contributed by atoms with Gasteiger partial charge in [0.1, 0.15) is 0 Å². The van der Waals surface area contributed by atoms with E-state index in [4.69, 9.17) is 4.42 Å². The second-order valence-electron chi connectivity index (χ2n) is 5.79. The molecule has 138 valence electrons. The molecule has 1 heterocycles. The lowest BCUT2D eigenvalue weighted by Gasteiger charge is -2.08. The molecule has 3 N–H and O–H groups in total. The Morgan fingerprint density at radius 2 is 1.69 bits per heavy atom. The highest BCUT2D eigenvalue weighted by molar-refractivity contribution is 5.96. The fraction of sp³-hybridized carbons (Fsp3) is 0.316. The second-order valence-corrected chi connectivity index (χ2v) is 5.79. The van der Waals surface area contributed by atoms with Crippen molar-refractivity contribution in [1.82, 2.24) is 10.6 Å². The molecule has 0 unspecified atom stereocenters. The van der Waals surface area contributed by atoms with E-state index in [1.54, 1.807) is 6.07 Å². The van der Waals surface area contributed by atoms with Crippen LogP contribution in [0.3, 0.4) is 0 Å². The SMILES string of the molecule is CCCCc1ccc(NC(=O)CNC(=O)CNC(=O)c2ccco2)cc1. The third-order valence-electron chi connectivity index (χ3n) is 3.66. The largest absolute Gasteiger partial charge is 0.459 e. The van der Waals surface area contributed by atoms with E-state index in [0.717, 1.165) is 19.3 Å². The maximum Gasteiger partial charge on any atom is 0.287 e. The van der Waals surface area contributed by atoms with Gasteiger partial charge < -0.3 is 20.4 Å². The van der Waals surface area contributed by atoms with Crippen LogP contribution in [-0.4, -0.2) is 30.8 Å². The molecule has 0 saturated carbocycles. The highest BCUT2D eigenvalue weighted by Crippen LogP contribution is 2.11. The summed E-state index contributed by atoms with van der Waals surface area (Å²) in [6.45, 7) is 1.73. The number of furan rings is 1. The number of hydrogen-bond acceptors (Lipinski definition) is 4. The van der Waals surface area contributed by atoms with Crippen molar-refractivity contribution in [2.24, 2.45) is 0 Å². The van der Waals surface area contributed by atoms with E-state index in [1.807, 2.05) is 24.3 Å². The molecule has 0 radical (unpaired) electrons. The lowest BCUT2D eigenvalue weighted by molar-refractivity contribution is -0.123. The molecule has 0 fully saturated rings. The van der Waals surface area contributed by atoms with E-state index >= 15 is 0 Å². The number of rotatable bonds is 9. The Hall–Kier alpha value is -3.09. The van der Waals surface area contributed by atoms with Crippen LogP contribution < -0.4 is 16.0 Å². The van der Waals surface area contributed by atoms with Gasteiger partial charge in [-0.25, -0.2) is 0 Å². The summed E-state index contributed by atoms with van der Waals surface area (Å²) in [5.74, 6) is -1.16. The monoisotopic (exact) mass is 357 g/mol. The Morgan fingerprint density at radius 3 is 2.35 bits per heavy atom. The predicted molar refractivity (Wildman–Crippen MR) is 97.7 cm³/mol. The Balaban J connectivity index is 1.67. The van der Waals surface area contributed by atoms with Gasteiger partial charge in [-0.05, 0) is 42.7 Å². The first kappa shape index (κ1) is 19.2. The van der Waals surface area contributed by atoms with E-state index in [-0.39, 0.29) is 24.8 Å². The second kappa shape index (κ2) is 10.0. The van der Waals surface area contributed by atoms with Crippen LogP contribution in [0.2, 0.25) is 0 Å². The van der Waals surface area contributed by atoms with Crippen molar-refractivity contribution >= 4 is 23.4 Å². The predicted octanol–water partition coefficient (Wildman–Crippen LogP) is 2.11. The number of carbonyl (C=O) groups is 3. The summed E-state index contributed by atoms with van der Waals surface area (Å²) in [6.07, 6.45) is 4.66. The summed E-state index contributed by atoms with van der Waals surface area (Å²) < 4.78 is 4.91. The van der Waals surface area contributed by atoms with Crippen LogP contribution in [0.15, 0.2) is 47.1 Å². The zero-order chi connectivity index (χ0) is 18.8. The highest BCUT2D eigenvalue weighted by Gasteiger charge is 2.11. The molecule has 0 spiro atoms. The molecule has 0 aliphatic heterocycles. The molecule has 7 heteroatoms. The standard InChI is InChI=1S/C19H23N3O4/c1-2-3-5-14-7-9-15(10-8-14)22-18(24)13-20-17(23)12-21-19(25)16-6-4-11-26-16/h4,6-11H,2-3,5,12-13H2,1H3,(H,20,23)(H,21,25)(H,22,24). The average molecular weight is 357 g/mol. The molecule has 0 aliphatic rings. The molecular formula is C19H23N3O4. The normalized spacial score (nSPS) is 10.2. The lowest BCUT2D eigenvalue weighted by Crippen LogP contribution is -2.40. The van der Waals surface area contributed by atoms with E-state index in [0.29, 0.717) is 5.69 Å². The summed E-state index contributed by atoms with van der Waals surface area (Å²) in [6, 6.07) is 10.7. The molecule has 0 aliphatic carbocycles. The van der Waals surface area contributed by atoms with Crippen LogP contribution in [0.1, 0.15) is 35.9 Å². The molecule has 3 amide bonds. The van der Waals surface area contributed by atoms with Crippen molar-refractivity contribution in [3.63, 3.8) is 0 Å². The van der Waals surface area contributed by atoms with Crippen molar-refractivity contribution in [2.45, 2.75) is 26.2 Å². The van der Waals surface area contributed by atoms with Gasteiger partial charge in [-0.3, -0.25) is 14.4 Å². The summed E-state index contributed by atoms with van der Waals surface area (Å²) in [5.41, 5.74) is 1.90. The van der Waals surface area contributed by atoms with E-state index in [9.17, 15) is 14.4 Å². The smallest absolute Gasteiger partial charge is 0.287 e. The first-order chi connectivity index (χ1) is 12.6. The third-order valence-corrected chi connectivity index (χ3v) is 3.66. The van der Waals surface area contributed by atoms with Gasteiger partial charge in [-0.15, -0.1) is 0 Å². The van der Waals surface area contributed by atoms with Crippen LogP contribution >= 0.6 is 0 Å². The van der Waals surface area contributed by atoms with Gasteiger partial charge in [0.15, 0.2) is 5.76 Å².